The lowest BCUT2D eigenvalue weighted by molar-refractivity contribution is -0.137. The molecule has 1 aromatic carbocycles. The lowest BCUT2D eigenvalue weighted by Gasteiger charge is -2.08. The van der Waals surface area contributed by atoms with E-state index in [0.29, 0.717) is 11.6 Å². The molecule has 0 aliphatic heterocycles. The normalized spacial score (nSPS) is 12.0. The Morgan fingerprint density at radius 2 is 1.94 bits per heavy atom. The molecule has 0 unspecified atom stereocenters. The van der Waals surface area contributed by atoms with Crippen molar-refractivity contribution < 1.29 is 18.0 Å². The minimum absolute atomic E-state index is 0.241. The smallest absolute Gasteiger partial charge is 0.298 e. The van der Waals surface area contributed by atoms with Crippen LogP contribution in [-0.4, -0.2) is 11.6 Å². The third kappa shape index (κ3) is 3.20. The van der Waals surface area contributed by atoms with Crippen molar-refractivity contribution in [2.24, 2.45) is 0 Å². The van der Waals surface area contributed by atoms with E-state index < -0.39 is 11.7 Å². The molecule has 0 spiro atoms. The summed E-state index contributed by atoms with van der Waals surface area (Å²) < 4.78 is 37.2. The van der Waals surface area contributed by atoms with Gasteiger partial charge in [0.2, 0.25) is 0 Å². The Kier molecular flexibility index (Phi) is 4.29. The van der Waals surface area contributed by atoms with Crippen molar-refractivity contribution >= 4 is 28.3 Å². The second-order valence-electron chi connectivity index (χ2n) is 3.02. The van der Waals surface area contributed by atoms with Crippen LogP contribution in [0.3, 0.4) is 0 Å². The van der Waals surface area contributed by atoms with Gasteiger partial charge >= 0.3 is 6.18 Å². The molecule has 1 rings (SSSR count). The quantitative estimate of drug-likeness (QED) is 0.609. The van der Waals surface area contributed by atoms with E-state index in [9.17, 15) is 18.0 Å². The maximum absolute atomic E-state index is 12.4. The highest BCUT2D eigenvalue weighted by Gasteiger charge is 2.30. The third-order valence-corrected chi connectivity index (χ3v) is 2.30. The molecule has 0 N–H and O–H groups in total. The predicted octanol–water partition coefficient (Wildman–Crippen LogP) is 3.93. The highest BCUT2D eigenvalue weighted by molar-refractivity contribution is 9.09. The number of benzene rings is 1. The fourth-order valence-electron chi connectivity index (χ4n) is 1.17. The average Bonchev–Trinajstić information content (AvgIpc) is 2.24. The third-order valence-electron chi connectivity index (χ3n) is 1.93. The van der Waals surface area contributed by atoms with Crippen LogP contribution >= 0.6 is 15.9 Å². The minimum atomic E-state index is -4.39. The summed E-state index contributed by atoms with van der Waals surface area (Å²) in [5.74, 6) is 0. The van der Waals surface area contributed by atoms with Crippen molar-refractivity contribution in [3.63, 3.8) is 0 Å². The molecule has 0 saturated heterocycles. The van der Waals surface area contributed by atoms with E-state index in [0.717, 1.165) is 12.1 Å². The molecule has 0 saturated carbocycles. The zero-order valence-electron chi connectivity index (χ0n) is 8.09. The van der Waals surface area contributed by atoms with Crippen molar-refractivity contribution in [2.45, 2.75) is 6.18 Å². The first-order valence-electron chi connectivity index (χ1n) is 4.38. The van der Waals surface area contributed by atoms with Gasteiger partial charge in [0.05, 0.1) is 5.56 Å². The number of allylic oxidation sites excluding steroid dienone is 1. The van der Waals surface area contributed by atoms with Crippen LogP contribution in [0.5, 0.6) is 0 Å². The van der Waals surface area contributed by atoms with E-state index in [1.165, 1.54) is 12.1 Å². The van der Waals surface area contributed by atoms with Gasteiger partial charge in [-0.15, -0.1) is 0 Å². The summed E-state index contributed by atoms with van der Waals surface area (Å²) in [6.45, 7) is 0. The number of carbonyl (C=O) groups is 1. The van der Waals surface area contributed by atoms with E-state index >= 15 is 0 Å². The van der Waals surface area contributed by atoms with Crippen LogP contribution in [0.4, 0.5) is 13.2 Å². The number of rotatable bonds is 3. The van der Waals surface area contributed by atoms with Crippen molar-refractivity contribution in [2.75, 3.05) is 5.33 Å². The summed E-state index contributed by atoms with van der Waals surface area (Å²) in [7, 11) is 0. The standard InChI is InChI=1S/C11H8BrF3O/c12-5-1-2-8-6-10(11(13,14)15)4-3-9(8)7-16/h1-4,6-7H,5H2. The van der Waals surface area contributed by atoms with E-state index in [2.05, 4.69) is 15.9 Å². The van der Waals surface area contributed by atoms with Crippen molar-refractivity contribution in [3.8, 4) is 0 Å². The highest BCUT2D eigenvalue weighted by atomic mass is 79.9. The fraction of sp³-hybridized carbons (Fsp3) is 0.182. The summed E-state index contributed by atoms with van der Waals surface area (Å²) in [6.07, 6.45) is -0.747. The second-order valence-corrected chi connectivity index (χ2v) is 3.66. The van der Waals surface area contributed by atoms with Gasteiger partial charge in [0.15, 0.2) is 6.29 Å². The van der Waals surface area contributed by atoms with Crippen molar-refractivity contribution in [3.05, 3.63) is 41.0 Å². The molecular weight excluding hydrogens is 285 g/mol. The van der Waals surface area contributed by atoms with Crippen LogP contribution in [0.1, 0.15) is 21.5 Å². The largest absolute Gasteiger partial charge is 0.416 e. The first kappa shape index (κ1) is 13.0. The summed E-state index contributed by atoms with van der Waals surface area (Å²) in [5, 5.41) is 0.515. The van der Waals surface area contributed by atoms with E-state index in [-0.39, 0.29) is 11.1 Å². The van der Waals surface area contributed by atoms with Crippen LogP contribution in [-0.2, 0) is 6.18 Å². The molecule has 0 aliphatic rings. The monoisotopic (exact) mass is 292 g/mol. The Balaban J connectivity index is 3.21. The fourth-order valence-corrected chi connectivity index (χ4v) is 1.36. The summed E-state index contributed by atoms with van der Waals surface area (Å²) in [4.78, 5) is 10.6. The molecule has 5 heteroatoms. The van der Waals surface area contributed by atoms with Gasteiger partial charge in [-0.1, -0.05) is 34.1 Å². The van der Waals surface area contributed by atoms with Gasteiger partial charge in [0.1, 0.15) is 0 Å². The van der Waals surface area contributed by atoms with Gasteiger partial charge < -0.3 is 0 Å². The lowest BCUT2D eigenvalue weighted by atomic mass is 10.0. The molecule has 1 nitrogen and oxygen atoms in total. The van der Waals surface area contributed by atoms with Gasteiger partial charge in [-0.25, -0.2) is 0 Å². The number of hydrogen-bond donors (Lipinski definition) is 0. The number of halogens is 4. The van der Waals surface area contributed by atoms with Crippen LogP contribution in [0.2, 0.25) is 0 Å². The lowest BCUT2D eigenvalue weighted by Crippen LogP contribution is -2.05. The van der Waals surface area contributed by atoms with Crippen LogP contribution in [0, 0.1) is 0 Å². The summed E-state index contributed by atoms with van der Waals surface area (Å²) in [6, 6.07) is 3.03. The maximum Gasteiger partial charge on any atom is 0.416 e. The molecule has 0 amide bonds. The van der Waals surface area contributed by atoms with Crippen LogP contribution in [0.25, 0.3) is 6.08 Å². The Morgan fingerprint density at radius 1 is 1.25 bits per heavy atom. The first-order chi connectivity index (χ1) is 7.49. The van der Waals surface area contributed by atoms with E-state index in [1.54, 1.807) is 6.08 Å². The number of carbonyl (C=O) groups excluding carboxylic acids is 1. The number of alkyl halides is 4. The molecule has 0 heterocycles. The number of hydrogen-bond acceptors (Lipinski definition) is 1. The molecule has 0 radical (unpaired) electrons. The van der Waals surface area contributed by atoms with Crippen molar-refractivity contribution in [1.29, 1.82) is 0 Å². The molecule has 0 bridgehead atoms. The van der Waals surface area contributed by atoms with Crippen LogP contribution in [0.15, 0.2) is 24.3 Å². The molecule has 1 aromatic rings. The topological polar surface area (TPSA) is 17.1 Å². The summed E-state index contributed by atoms with van der Waals surface area (Å²) in [5.41, 5.74) is -0.248. The molecule has 0 fully saturated rings. The van der Waals surface area contributed by atoms with E-state index in [1.807, 2.05) is 0 Å². The molecule has 0 atom stereocenters. The summed E-state index contributed by atoms with van der Waals surface area (Å²) >= 11 is 3.11. The van der Waals surface area contributed by atoms with E-state index in [4.69, 9.17) is 0 Å². The van der Waals surface area contributed by atoms with Crippen LogP contribution < -0.4 is 0 Å². The Bertz CT molecular complexity index is 410. The van der Waals surface area contributed by atoms with Gasteiger partial charge in [0, 0.05) is 10.9 Å². The van der Waals surface area contributed by atoms with Gasteiger partial charge in [0.25, 0.3) is 0 Å². The van der Waals surface area contributed by atoms with Gasteiger partial charge in [-0.3, -0.25) is 4.79 Å². The molecule has 16 heavy (non-hydrogen) atoms. The number of aldehydes is 1. The zero-order valence-corrected chi connectivity index (χ0v) is 9.68. The molecule has 0 aromatic heterocycles. The zero-order chi connectivity index (χ0) is 12.2. The first-order valence-corrected chi connectivity index (χ1v) is 5.50. The Morgan fingerprint density at radius 3 is 2.44 bits per heavy atom. The highest BCUT2D eigenvalue weighted by Crippen LogP contribution is 2.30. The molecular formula is C11H8BrF3O. The SMILES string of the molecule is O=Cc1ccc(C(F)(F)F)cc1C=CCBr. The average molecular weight is 293 g/mol. The molecule has 86 valence electrons. The van der Waals surface area contributed by atoms with Gasteiger partial charge in [-0.2, -0.15) is 13.2 Å². The Hall–Kier alpha value is -1.10. The molecule has 0 aliphatic carbocycles. The second kappa shape index (κ2) is 5.30. The van der Waals surface area contributed by atoms with Gasteiger partial charge in [-0.05, 0) is 17.7 Å². The Labute approximate surface area is 99.1 Å². The van der Waals surface area contributed by atoms with Crippen molar-refractivity contribution in [1.82, 2.24) is 0 Å². The maximum atomic E-state index is 12.4. The minimum Gasteiger partial charge on any atom is -0.298 e. The predicted molar refractivity (Wildman–Crippen MR) is 59.7 cm³/mol.